The number of aryl methyl sites for hydroxylation is 1. The van der Waals surface area contributed by atoms with Crippen molar-refractivity contribution in [1.82, 2.24) is 10.3 Å². The number of amides is 1. The van der Waals surface area contributed by atoms with Crippen molar-refractivity contribution < 1.29 is 9.53 Å². The number of nitrogens with zero attached hydrogens (tertiary/aromatic N) is 1. The van der Waals surface area contributed by atoms with Gasteiger partial charge in [0.05, 0.1) is 6.10 Å². The number of carbonyl (C=O) groups excluding carboxylic acids is 1. The summed E-state index contributed by atoms with van der Waals surface area (Å²) >= 11 is 0. The van der Waals surface area contributed by atoms with Crippen LogP contribution < -0.4 is 11.1 Å². The number of nitrogen functional groups attached to an aromatic ring is 1. The standard InChI is InChI=1S/C15H23N3O2/c1-3-5-11-6-10(7-14(16)17-11)15(19)18-12-8-13(9-12)20-4-2/h6-7,12-13H,3-5,8-9H2,1-2H3,(H2,16,17)(H,18,19). The second-order valence-electron chi connectivity index (χ2n) is 5.24. The summed E-state index contributed by atoms with van der Waals surface area (Å²) in [7, 11) is 0. The summed E-state index contributed by atoms with van der Waals surface area (Å²) in [6, 6.07) is 3.67. The number of anilines is 1. The molecule has 0 saturated heterocycles. The second kappa shape index (κ2) is 6.70. The molecule has 0 aromatic carbocycles. The molecule has 0 bridgehead atoms. The first-order chi connectivity index (χ1) is 9.62. The highest BCUT2D eigenvalue weighted by atomic mass is 16.5. The minimum atomic E-state index is -0.0728. The van der Waals surface area contributed by atoms with E-state index in [0.717, 1.165) is 38.0 Å². The molecule has 5 nitrogen and oxygen atoms in total. The Bertz CT molecular complexity index is 470. The number of hydrogen-bond donors (Lipinski definition) is 2. The maximum Gasteiger partial charge on any atom is 0.251 e. The smallest absolute Gasteiger partial charge is 0.251 e. The molecular weight excluding hydrogens is 254 g/mol. The lowest BCUT2D eigenvalue weighted by atomic mass is 9.89. The molecule has 1 aliphatic rings. The van der Waals surface area contributed by atoms with Crippen molar-refractivity contribution in [3.63, 3.8) is 0 Å². The summed E-state index contributed by atoms with van der Waals surface area (Å²) in [5.41, 5.74) is 7.23. The van der Waals surface area contributed by atoms with Crippen LogP contribution in [0.15, 0.2) is 12.1 Å². The van der Waals surface area contributed by atoms with Crippen LogP contribution in [0.5, 0.6) is 0 Å². The third kappa shape index (κ3) is 3.70. The van der Waals surface area contributed by atoms with Gasteiger partial charge in [-0.3, -0.25) is 4.79 Å². The normalized spacial score (nSPS) is 21.3. The Balaban J connectivity index is 1.92. The first-order valence-electron chi connectivity index (χ1n) is 7.31. The fourth-order valence-corrected chi connectivity index (χ4v) is 2.45. The number of ether oxygens (including phenoxy) is 1. The van der Waals surface area contributed by atoms with Gasteiger partial charge in [0.2, 0.25) is 0 Å². The molecule has 1 aromatic rings. The quantitative estimate of drug-likeness (QED) is 0.832. The van der Waals surface area contributed by atoms with Gasteiger partial charge in [-0.25, -0.2) is 4.98 Å². The van der Waals surface area contributed by atoms with Gasteiger partial charge >= 0.3 is 0 Å². The van der Waals surface area contributed by atoms with Crippen LogP contribution in [-0.4, -0.2) is 29.6 Å². The van der Waals surface area contributed by atoms with Crippen molar-refractivity contribution in [2.24, 2.45) is 0 Å². The van der Waals surface area contributed by atoms with Gasteiger partial charge in [-0.2, -0.15) is 0 Å². The number of hydrogen-bond acceptors (Lipinski definition) is 4. The molecule has 1 saturated carbocycles. The van der Waals surface area contributed by atoms with E-state index in [9.17, 15) is 4.79 Å². The molecule has 0 atom stereocenters. The summed E-state index contributed by atoms with van der Waals surface area (Å²) in [5, 5.41) is 3.02. The van der Waals surface area contributed by atoms with Gasteiger partial charge in [0.1, 0.15) is 5.82 Å². The molecule has 0 spiro atoms. The molecule has 3 N–H and O–H groups in total. The van der Waals surface area contributed by atoms with E-state index in [1.807, 2.05) is 13.0 Å². The number of nitrogens with one attached hydrogen (secondary N) is 1. The predicted molar refractivity (Wildman–Crippen MR) is 78.5 cm³/mol. The van der Waals surface area contributed by atoms with Crippen LogP contribution in [0.3, 0.4) is 0 Å². The fourth-order valence-electron chi connectivity index (χ4n) is 2.45. The summed E-state index contributed by atoms with van der Waals surface area (Å²) in [6.07, 6.45) is 3.89. The summed E-state index contributed by atoms with van der Waals surface area (Å²) in [4.78, 5) is 16.4. The van der Waals surface area contributed by atoms with Gasteiger partial charge in [0, 0.05) is 23.9 Å². The molecule has 2 rings (SSSR count). The van der Waals surface area contributed by atoms with Gasteiger partial charge < -0.3 is 15.8 Å². The van der Waals surface area contributed by atoms with Gasteiger partial charge in [0.15, 0.2) is 0 Å². The first kappa shape index (κ1) is 14.8. The monoisotopic (exact) mass is 277 g/mol. The van der Waals surface area contributed by atoms with E-state index in [2.05, 4.69) is 17.2 Å². The minimum Gasteiger partial charge on any atom is -0.384 e. The highest BCUT2D eigenvalue weighted by Crippen LogP contribution is 2.23. The molecule has 0 aliphatic heterocycles. The number of carbonyl (C=O) groups is 1. The second-order valence-corrected chi connectivity index (χ2v) is 5.24. The maximum absolute atomic E-state index is 12.2. The molecule has 5 heteroatoms. The SMILES string of the molecule is CCCc1cc(C(=O)NC2CC(OCC)C2)cc(N)n1. The topological polar surface area (TPSA) is 77.2 Å². The summed E-state index contributed by atoms with van der Waals surface area (Å²) in [5.74, 6) is 0.332. The molecule has 1 aliphatic carbocycles. The number of rotatable bonds is 6. The van der Waals surface area contributed by atoms with Crippen molar-refractivity contribution in [1.29, 1.82) is 0 Å². The Hall–Kier alpha value is -1.62. The van der Waals surface area contributed by atoms with Gasteiger partial charge in [-0.1, -0.05) is 13.3 Å². The molecule has 0 unspecified atom stereocenters. The van der Waals surface area contributed by atoms with E-state index in [1.165, 1.54) is 0 Å². The van der Waals surface area contributed by atoms with Crippen molar-refractivity contribution in [3.05, 3.63) is 23.4 Å². The van der Waals surface area contributed by atoms with Gasteiger partial charge in [-0.05, 0) is 38.3 Å². The zero-order chi connectivity index (χ0) is 14.5. The van der Waals surface area contributed by atoms with Crippen molar-refractivity contribution in [2.45, 2.75) is 51.7 Å². The summed E-state index contributed by atoms with van der Waals surface area (Å²) < 4.78 is 5.48. The van der Waals surface area contributed by atoms with Crippen LogP contribution in [-0.2, 0) is 11.2 Å². The fraction of sp³-hybridized carbons (Fsp3) is 0.600. The molecule has 1 heterocycles. The lowest BCUT2D eigenvalue weighted by Gasteiger charge is -2.35. The Morgan fingerprint density at radius 1 is 1.45 bits per heavy atom. The van der Waals surface area contributed by atoms with Crippen LogP contribution in [0, 0.1) is 0 Å². The van der Waals surface area contributed by atoms with Crippen molar-refractivity contribution in [3.8, 4) is 0 Å². The van der Waals surface area contributed by atoms with Crippen LogP contribution in [0.2, 0.25) is 0 Å². The predicted octanol–water partition coefficient (Wildman–Crippen LogP) is 1.91. The average Bonchev–Trinajstić information content (AvgIpc) is 2.36. The third-order valence-corrected chi connectivity index (χ3v) is 3.50. The lowest BCUT2D eigenvalue weighted by molar-refractivity contribution is -0.00862. The minimum absolute atomic E-state index is 0.0728. The zero-order valence-electron chi connectivity index (χ0n) is 12.2. The van der Waals surface area contributed by atoms with Crippen molar-refractivity contribution >= 4 is 11.7 Å². The van der Waals surface area contributed by atoms with Crippen molar-refractivity contribution in [2.75, 3.05) is 12.3 Å². The molecule has 0 radical (unpaired) electrons. The number of nitrogens with two attached hydrogens (primary N) is 1. The number of pyridine rings is 1. The highest BCUT2D eigenvalue weighted by Gasteiger charge is 2.30. The Morgan fingerprint density at radius 3 is 2.85 bits per heavy atom. The molecule has 1 fully saturated rings. The Labute approximate surface area is 119 Å². The zero-order valence-corrected chi connectivity index (χ0v) is 12.2. The first-order valence-corrected chi connectivity index (χ1v) is 7.31. The largest absolute Gasteiger partial charge is 0.384 e. The Kier molecular flexibility index (Phi) is 4.95. The van der Waals surface area contributed by atoms with E-state index in [-0.39, 0.29) is 11.9 Å². The lowest BCUT2D eigenvalue weighted by Crippen LogP contribution is -2.47. The van der Waals surface area contributed by atoms with Gasteiger partial charge in [-0.15, -0.1) is 0 Å². The number of aromatic nitrogens is 1. The van der Waals surface area contributed by atoms with E-state index >= 15 is 0 Å². The van der Waals surface area contributed by atoms with Crippen LogP contribution in [0.25, 0.3) is 0 Å². The molecule has 110 valence electrons. The highest BCUT2D eigenvalue weighted by molar-refractivity contribution is 5.95. The maximum atomic E-state index is 12.2. The van der Waals surface area contributed by atoms with Crippen LogP contribution in [0.1, 0.15) is 49.2 Å². The van der Waals surface area contributed by atoms with E-state index in [1.54, 1.807) is 6.07 Å². The average molecular weight is 277 g/mol. The molecular formula is C15H23N3O2. The van der Waals surface area contributed by atoms with E-state index < -0.39 is 0 Å². The Morgan fingerprint density at radius 2 is 2.20 bits per heavy atom. The molecule has 20 heavy (non-hydrogen) atoms. The van der Waals surface area contributed by atoms with Gasteiger partial charge in [0.25, 0.3) is 5.91 Å². The van der Waals surface area contributed by atoms with Crippen LogP contribution >= 0.6 is 0 Å². The third-order valence-electron chi connectivity index (χ3n) is 3.50. The molecule has 1 aromatic heterocycles. The van der Waals surface area contributed by atoms with Crippen LogP contribution in [0.4, 0.5) is 5.82 Å². The van der Waals surface area contributed by atoms with E-state index in [4.69, 9.17) is 10.5 Å². The molecule has 1 amide bonds. The van der Waals surface area contributed by atoms with E-state index in [0.29, 0.717) is 17.5 Å². The summed E-state index contributed by atoms with van der Waals surface area (Å²) in [6.45, 7) is 4.79.